The molecule has 0 aliphatic rings. The molecule has 2 atom stereocenters. The number of hydrogen-bond donors (Lipinski definition) is 3. The first-order chi connectivity index (χ1) is 7.49. The molecule has 5 N–H and O–H groups in total. The summed E-state index contributed by atoms with van der Waals surface area (Å²) in [6.45, 7) is 1.95. The zero-order valence-electron chi connectivity index (χ0n) is 9.10. The summed E-state index contributed by atoms with van der Waals surface area (Å²) in [6, 6.07) is -1.81. The fourth-order valence-corrected chi connectivity index (χ4v) is 0.784. The van der Waals surface area contributed by atoms with Crippen molar-refractivity contribution in [2.45, 2.75) is 31.8 Å². The average Bonchev–Trinajstić information content (AvgIpc) is 2.23. The molecule has 0 aliphatic heterocycles. The summed E-state index contributed by atoms with van der Waals surface area (Å²) in [6.07, 6.45) is 0.163. The summed E-state index contributed by atoms with van der Waals surface area (Å²) in [5.74, 6) is 3.52. The summed E-state index contributed by atoms with van der Waals surface area (Å²) in [5.41, 5.74) is 10.7. The van der Waals surface area contributed by atoms with Crippen LogP contribution in [0.15, 0.2) is 0 Å². The molecule has 0 aliphatic carbocycles. The lowest BCUT2D eigenvalue weighted by atomic mass is 10.2. The van der Waals surface area contributed by atoms with Gasteiger partial charge in [0.05, 0.1) is 6.61 Å². The molecule has 6 heteroatoms. The van der Waals surface area contributed by atoms with Gasteiger partial charge in [-0.1, -0.05) is 0 Å². The maximum atomic E-state index is 11.0. The Balaban J connectivity index is 3.92. The number of rotatable bonds is 5. The third-order valence-corrected chi connectivity index (χ3v) is 1.68. The van der Waals surface area contributed by atoms with Crippen LogP contribution in [0.3, 0.4) is 0 Å². The number of nitrogens with two attached hydrogens (primary N) is 2. The Morgan fingerprint density at radius 2 is 1.75 bits per heavy atom. The van der Waals surface area contributed by atoms with Crippen molar-refractivity contribution in [2.24, 2.45) is 11.5 Å². The van der Waals surface area contributed by atoms with Crippen molar-refractivity contribution in [3.8, 4) is 11.8 Å². The van der Waals surface area contributed by atoms with E-state index in [0.29, 0.717) is 0 Å². The van der Waals surface area contributed by atoms with E-state index in [4.69, 9.17) is 16.6 Å². The molecule has 6 nitrogen and oxygen atoms in total. The topological polar surface area (TPSA) is 116 Å². The molecule has 0 saturated carbocycles. The number of aliphatic carboxylic acids is 1. The van der Waals surface area contributed by atoms with Gasteiger partial charge in [0.25, 0.3) is 0 Å². The van der Waals surface area contributed by atoms with E-state index in [1.807, 2.05) is 0 Å². The van der Waals surface area contributed by atoms with Crippen molar-refractivity contribution in [3.63, 3.8) is 0 Å². The third-order valence-electron chi connectivity index (χ3n) is 1.68. The lowest BCUT2D eigenvalue weighted by Crippen LogP contribution is -2.32. The minimum absolute atomic E-state index is 0.0326. The lowest BCUT2D eigenvalue weighted by Gasteiger charge is -2.06. The second-order valence-electron chi connectivity index (χ2n) is 3.07. The first-order valence-electron chi connectivity index (χ1n) is 4.85. The monoisotopic (exact) mass is 228 g/mol. The molecule has 0 amide bonds. The zero-order valence-corrected chi connectivity index (χ0v) is 9.10. The fourth-order valence-electron chi connectivity index (χ4n) is 0.784. The number of carboxylic acid groups (broad SMARTS) is 1. The van der Waals surface area contributed by atoms with Crippen molar-refractivity contribution in [1.29, 1.82) is 0 Å². The van der Waals surface area contributed by atoms with Crippen LogP contribution in [0.2, 0.25) is 0 Å². The number of ether oxygens (including phenoxy) is 1. The number of hydrogen-bond acceptors (Lipinski definition) is 5. The molecular weight excluding hydrogens is 212 g/mol. The van der Waals surface area contributed by atoms with Gasteiger partial charge in [-0.15, -0.1) is 11.8 Å². The molecule has 0 bridgehead atoms. The maximum absolute atomic E-state index is 11.0. The van der Waals surface area contributed by atoms with Crippen LogP contribution < -0.4 is 11.5 Å². The Morgan fingerprint density at radius 1 is 1.25 bits per heavy atom. The van der Waals surface area contributed by atoms with Crippen LogP contribution in [0.1, 0.15) is 19.8 Å². The van der Waals surface area contributed by atoms with Gasteiger partial charge < -0.3 is 21.3 Å². The molecule has 0 aromatic carbocycles. The second kappa shape index (κ2) is 7.68. The van der Waals surface area contributed by atoms with Crippen LogP contribution in [-0.2, 0) is 14.3 Å². The third kappa shape index (κ3) is 6.01. The highest BCUT2D eigenvalue weighted by atomic mass is 16.5. The van der Waals surface area contributed by atoms with E-state index in [0.717, 1.165) is 0 Å². The van der Waals surface area contributed by atoms with Crippen LogP contribution in [0, 0.1) is 11.8 Å². The van der Waals surface area contributed by atoms with Crippen LogP contribution >= 0.6 is 0 Å². The van der Waals surface area contributed by atoms with Crippen molar-refractivity contribution in [2.75, 3.05) is 6.61 Å². The molecule has 16 heavy (non-hydrogen) atoms. The van der Waals surface area contributed by atoms with Crippen LogP contribution in [0.25, 0.3) is 0 Å². The zero-order chi connectivity index (χ0) is 12.6. The first-order valence-corrected chi connectivity index (χ1v) is 4.85. The van der Waals surface area contributed by atoms with Crippen LogP contribution in [0.5, 0.6) is 0 Å². The van der Waals surface area contributed by atoms with Gasteiger partial charge in [0, 0.05) is 12.8 Å². The Hall–Kier alpha value is -1.58. The van der Waals surface area contributed by atoms with E-state index in [1.54, 1.807) is 6.92 Å². The Morgan fingerprint density at radius 3 is 2.19 bits per heavy atom. The van der Waals surface area contributed by atoms with Gasteiger partial charge in [-0.05, 0) is 6.92 Å². The summed E-state index contributed by atoms with van der Waals surface area (Å²) in [7, 11) is 0. The molecule has 90 valence electrons. The van der Waals surface area contributed by atoms with Crippen molar-refractivity contribution in [1.82, 2.24) is 0 Å². The molecule has 0 aromatic rings. The highest BCUT2D eigenvalue weighted by Gasteiger charge is 2.12. The SMILES string of the molecule is CCOC(=O)C(N)CC#CCC(N)C(=O)O. The number of carboxylic acids is 1. The average molecular weight is 228 g/mol. The van der Waals surface area contributed by atoms with Gasteiger partial charge in [0.1, 0.15) is 12.1 Å². The predicted molar refractivity (Wildman–Crippen MR) is 57.2 cm³/mol. The molecule has 0 rings (SSSR count). The Kier molecular flexibility index (Phi) is 6.92. The summed E-state index contributed by atoms with van der Waals surface area (Å²) < 4.78 is 4.67. The highest BCUT2D eigenvalue weighted by Crippen LogP contribution is 1.92. The highest BCUT2D eigenvalue weighted by molar-refractivity contribution is 5.76. The standard InChI is InChI=1S/C10H16N2O4/c1-2-16-10(15)8(12)6-4-3-5-7(11)9(13)14/h7-8H,2,5-6,11-12H2,1H3,(H,13,14). The summed E-state index contributed by atoms with van der Waals surface area (Å²) >= 11 is 0. The molecule has 0 heterocycles. The minimum Gasteiger partial charge on any atom is -0.480 e. The molecular formula is C10H16N2O4. The van der Waals surface area contributed by atoms with Crippen LogP contribution in [0.4, 0.5) is 0 Å². The first kappa shape index (κ1) is 14.4. The summed E-state index contributed by atoms with van der Waals surface area (Å²) in [4.78, 5) is 21.4. The van der Waals surface area contributed by atoms with E-state index >= 15 is 0 Å². The van der Waals surface area contributed by atoms with Crippen molar-refractivity contribution < 1.29 is 19.4 Å². The fraction of sp³-hybridized carbons (Fsp3) is 0.600. The van der Waals surface area contributed by atoms with Gasteiger partial charge in [-0.25, -0.2) is 0 Å². The number of carbonyl (C=O) groups is 2. The normalized spacial score (nSPS) is 13.2. The second-order valence-corrected chi connectivity index (χ2v) is 3.07. The Bertz CT molecular complexity index is 306. The molecule has 0 radical (unpaired) electrons. The van der Waals surface area contributed by atoms with E-state index < -0.39 is 24.0 Å². The van der Waals surface area contributed by atoms with Crippen molar-refractivity contribution in [3.05, 3.63) is 0 Å². The minimum atomic E-state index is -1.11. The molecule has 0 fully saturated rings. The number of carbonyl (C=O) groups excluding carboxylic acids is 1. The smallest absolute Gasteiger partial charge is 0.323 e. The van der Waals surface area contributed by atoms with E-state index in [9.17, 15) is 9.59 Å². The van der Waals surface area contributed by atoms with Gasteiger partial charge >= 0.3 is 11.9 Å². The Labute approximate surface area is 93.9 Å². The molecule has 2 unspecified atom stereocenters. The van der Waals surface area contributed by atoms with Crippen molar-refractivity contribution >= 4 is 11.9 Å². The van der Waals surface area contributed by atoms with E-state index in [1.165, 1.54) is 0 Å². The van der Waals surface area contributed by atoms with Gasteiger partial charge in [-0.2, -0.15) is 0 Å². The molecule has 0 saturated heterocycles. The quantitative estimate of drug-likeness (QED) is 0.413. The van der Waals surface area contributed by atoms with E-state index in [-0.39, 0.29) is 19.4 Å². The molecule has 0 spiro atoms. The van der Waals surface area contributed by atoms with Gasteiger partial charge in [0.15, 0.2) is 0 Å². The molecule has 0 aromatic heterocycles. The van der Waals surface area contributed by atoms with Gasteiger partial charge in [-0.3, -0.25) is 9.59 Å². The maximum Gasteiger partial charge on any atom is 0.323 e. The largest absolute Gasteiger partial charge is 0.480 e. The van der Waals surface area contributed by atoms with Gasteiger partial charge in [0.2, 0.25) is 0 Å². The van der Waals surface area contributed by atoms with E-state index in [2.05, 4.69) is 16.6 Å². The van der Waals surface area contributed by atoms with Crippen LogP contribution in [-0.4, -0.2) is 35.7 Å². The number of esters is 1. The predicted octanol–water partition coefficient (Wildman–Crippen LogP) is -0.928. The lowest BCUT2D eigenvalue weighted by molar-refractivity contribution is -0.144. The summed E-state index contributed by atoms with van der Waals surface area (Å²) in [5, 5.41) is 8.46.